The molecule has 1 amide bonds. The molecule has 0 saturated carbocycles. The van der Waals surface area contributed by atoms with Crippen molar-refractivity contribution in [1.82, 2.24) is 0 Å². The Bertz CT molecular complexity index is 1050. The second-order valence-corrected chi connectivity index (χ2v) is 7.18. The molecule has 0 unspecified atom stereocenters. The van der Waals surface area contributed by atoms with Crippen LogP contribution in [0, 0.1) is 5.82 Å². The quantitative estimate of drug-likeness (QED) is 0.651. The lowest BCUT2D eigenvalue weighted by molar-refractivity contribution is -0.135. The van der Waals surface area contributed by atoms with Crippen LogP contribution in [0.25, 0.3) is 0 Å². The van der Waals surface area contributed by atoms with Crippen LogP contribution in [0.2, 0.25) is 0 Å². The first-order valence-electron chi connectivity index (χ1n) is 9.45. The van der Waals surface area contributed by atoms with Gasteiger partial charge in [0, 0.05) is 17.7 Å². The number of rotatable bonds is 6. The second-order valence-electron chi connectivity index (χ2n) is 7.18. The maximum absolute atomic E-state index is 13.2. The van der Waals surface area contributed by atoms with E-state index in [1.807, 2.05) is 30.3 Å². The fraction of sp³-hybridized carbons (Fsp3) is 0.167. The zero-order valence-corrected chi connectivity index (χ0v) is 15.7. The molecule has 0 radical (unpaired) electrons. The highest BCUT2D eigenvalue weighted by Gasteiger charge is 2.50. The first kappa shape index (κ1) is 19.0. The van der Waals surface area contributed by atoms with Crippen molar-refractivity contribution >= 4 is 17.4 Å². The topological polar surface area (TPSA) is 57.6 Å². The number of Topliss-reactive ketones (excluding diaryl/α,β-unsaturated/α-hetero) is 1. The van der Waals surface area contributed by atoms with Gasteiger partial charge in [-0.05, 0) is 42.3 Å². The van der Waals surface area contributed by atoms with Gasteiger partial charge >= 0.3 is 0 Å². The molecule has 1 heterocycles. The van der Waals surface area contributed by atoms with Crippen molar-refractivity contribution in [3.8, 4) is 0 Å². The highest BCUT2D eigenvalue weighted by atomic mass is 19.1. The summed E-state index contributed by atoms with van der Waals surface area (Å²) < 4.78 is 13.1. The van der Waals surface area contributed by atoms with Gasteiger partial charge in [0.25, 0.3) is 5.91 Å². The number of para-hydroxylation sites is 1. The van der Waals surface area contributed by atoms with Crippen LogP contribution in [0.5, 0.6) is 0 Å². The van der Waals surface area contributed by atoms with E-state index >= 15 is 0 Å². The number of ketones is 1. The molecular weight excluding hydrogens is 369 g/mol. The molecule has 0 bridgehead atoms. The van der Waals surface area contributed by atoms with E-state index in [1.54, 1.807) is 29.2 Å². The molecule has 3 aromatic rings. The highest BCUT2D eigenvalue weighted by Crippen LogP contribution is 2.42. The van der Waals surface area contributed by atoms with E-state index in [9.17, 15) is 19.1 Å². The van der Waals surface area contributed by atoms with Crippen LogP contribution in [0.1, 0.15) is 27.9 Å². The minimum Gasteiger partial charge on any atom is -0.375 e. The number of nitrogens with zero attached hydrogens (tertiary/aromatic N) is 1. The summed E-state index contributed by atoms with van der Waals surface area (Å²) in [7, 11) is 0. The van der Waals surface area contributed by atoms with Crippen LogP contribution < -0.4 is 4.90 Å². The smallest absolute Gasteiger partial charge is 0.264 e. The van der Waals surface area contributed by atoms with Crippen LogP contribution in [0.3, 0.4) is 0 Å². The third kappa shape index (κ3) is 3.57. The molecule has 0 spiro atoms. The molecule has 1 atom stereocenters. The standard InChI is InChI=1S/C24H20FNO3/c25-19-12-10-18(11-13-19)22(27)16-24(29)20-8-4-5-9-21(20)26(23(24)28)15-14-17-6-2-1-3-7-17/h1-13,29H,14-16H2/t24-/m1/s1. The third-order valence-corrected chi connectivity index (χ3v) is 5.29. The predicted molar refractivity (Wildman–Crippen MR) is 108 cm³/mol. The van der Waals surface area contributed by atoms with Gasteiger partial charge in [-0.25, -0.2) is 4.39 Å². The van der Waals surface area contributed by atoms with Gasteiger partial charge in [-0.1, -0.05) is 48.5 Å². The zero-order valence-electron chi connectivity index (χ0n) is 15.7. The van der Waals surface area contributed by atoms with Crippen LogP contribution in [0.4, 0.5) is 10.1 Å². The number of carbonyl (C=O) groups excluding carboxylic acids is 2. The first-order valence-corrected chi connectivity index (χ1v) is 9.45. The zero-order chi connectivity index (χ0) is 20.4. The van der Waals surface area contributed by atoms with E-state index in [-0.39, 0.29) is 5.56 Å². The van der Waals surface area contributed by atoms with Gasteiger partial charge in [-0.15, -0.1) is 0 Å². The second kappa shape index (κ2) is 7.60. The van der Waals surface area contributed by atoms with E-state index in [1.165, 1.54) is 24.3 Å². The molecule has 1 aliphatic heterocycles. The van der Waals surface area contributed by atoms with E-state index in [0.29, 0.717) is 24.2 Å². The third-order valence-electron chi connectivity index (χ3n) is 5.29. The number of hydrogen-bond donors (Lipinski definition) is 1. The van der Waals surface area contributed by atoms with Gasteiger partial charge in [0.05, 0.1) is 12.1 Å². The summed E-state index contributed by atoms with van der Waals surface area (Å²) in [5.41, 5.74) is 0.443. The molecule has 29 heavy (non-hydrogen) atoms. The molecule has 3 aromatic carbocycles. The SMILES string of the molecule is O=C(C[C@]1(O)C(=O)N(CCc2ccccc2)c2ccccc21)c1ccc(F)cc1. The Hall–Kier alpha value is -3.31. The average molecular weight is 389 g/mol. The van der Waals surface area contributed by atoms with Gasteiger partial charge in [0.15, 0.2) is 11.4 Å². The summed E-state index contributed by atoms with van der Waals surface area (Å²) >= 11 is 0. The minimum atomic E-state index is -1.93. The summed E-state index contributed by atoms with van der Waals surface area (Å²) in [6, 6.07) is 21.9. The molecule has 1 aliphatic rings. The molecule has 5 heteroatoms. The lowest BCUT2D eigenvalue weighted by atomic mass is 9.88. The number of benzene rings is 3. The van der Waals surface area contributed by atoms with E-state index in [4.69, 9.17) is 0 Å². The molecule has 146 valence electrons. The number of halogens is 1. The van der Waals surface area contributed by atoms with Crippen molar-refractivity contribution in [3.63, 3.8) is 0 Å². The number of hydrogen-bond acceptors (Lipinski definition) is 3. The lowest BCUT2D eigenvalue weighted by Crippen LogP contribution is -2.42. The molecular formula is C24H20FNO3. The van der Waals surface area contributed by atoms with Gasteiger partial charge < -0.3 is 10.0 Å². The number of anilines is 1. The summed E-state index contributed by atoms with van der Waals surface area (Å²) in [5.74, 6) is -1.37. The van der Waals surface area contributed by atoms with Gasteiger partial charge in [-0.2, -0.15) is 0 Å². The van der Waals surface area contributed by atoms with Gasteiger partial charge in [0.2, 0.25) is 0 Å². The Kier molecular flexibility index (Phi) is 4.99. The predicted octanol–water partition coefficient (Wildman–Crippen LogP) is 3.88. The molecule has 4 nitrogen and oxygen atoms in total. The summed E-state index contributed by atoms with van der Waals surface area (Å²) in [4.78, 5) is 27.4. The van der Waals surface area contributed by atoms with Crippen molar-refractivity contribution in [3.05, 3.63) is 101 Å². The Labute approximate surface area is 168 Å². The van der Waals surface area contributed by atoms with Crippen LogP contribution in [-0.4, -0.2) is 23.3 Å². The summed E-state index contributed by atoms with van der Waals surface area (Å²) in [6.45, 7) is 0.396. The van der Waals surface area contributed by atoms with Crippen molar-refractivity contribution < 1.29 is 19.1 Å². The fourth-order valence-electron chi connectivity index (χ4n) is 3.76. The molecule has 0 aliphatic carbocycles. The number of aliphatic hydroxyl groups is 1. The van der Waals surface area contributed by atoms with E-state index in [0.717, 1.165) is 5.56 Å². The largest absolute Gasteiger partial charge is 0.375 e. The maximum Gasteiger partial charge on any atom is 0.264 e. The highest BCUT2D eigenvalue weighted by molar-refractivity contribution is 6.10. The summed E-state index contributed by atoms with van der Waals surface area (Å²) in [6.07, 6.45) is 0.235. The Morgan fingerprint density at radius 3 is 2.31 bits per heavy atom. The van der Waals surface area contributed by atoms with Crippen molar-refractivity contribution in [1.29, 1.82) is 0 Å². The van der Waals surface area contributed by atoms with Crippen LogP contribution in [-0.2, 0) is 16.8 Å². The van der Waals surface area contributed by atoms with Crippen molar-refractivity contribution in [2.75, 3.05) is 11.4 Å². The van der Waals surface area contributed by atoms with Crippen LogP contribution >= 0.6 is 0 Å². The van der Waals surface area contributed by atoms with Crippen molar-refractivity contribution in [2.45, 2.75) is 18.4 Å². The first-order chi connectivity index (χ1) is 14.0. The Morgan fingerprint density at radius 2 is 1.59 bits per heavy atom. The van der Waals surface area contributed by atoms with Gasteiger partial charge in [-0.3, -0.25) is 9.59 Å². The van der Waals surface area contributed by atoms with E-state index < -0.39 is 29.5 Å². The van der Waals surface area contributed by atoms with E-state index in [2.05, 4.69) is 0 Å². The summed E-state index contributed by atoms with van der Waals surface area (Å²) in [5, 5.41) is 11.3. The van der Waals surface area contributed by atoms with Crippen LogP contribution in [0.15, 0.2) is 78.9 Å². The van der Waals surface area contributed by atoms with Gasteiger partial charge in [0.1, 0.15) is 5.82 Å². The fourth-order valence-corrected chi connectivity index (χ4v) is 3.76. The number of carbonyl (C=O) groups is 2. The minimum absolute atomic E-state index is 0.257. The monoisotopic (exact) mass is 389 g/mol. The molecule has 0 aromatic heterocycles. The molecule has 0 fully saturated rings. The molecule has 0 saturated heterocycles. The molecule has 1 N–H and O–H groups in total. The van der Waals surface area contributed by atoms with Crippen molar-refractivity contribution in [2.24, 2.45) is 0 Å². The molecule has 4 rings (SSSR count). The average Bonchev–Trinajstić information content (AvgIpc) is 2.95. The maximum atomic E-state index is 13.2. The Morgan fingerprint density at radius 1 is 0.931 bits per heavy atom. The number of fused-ring (bicyclic) bond motifs is 1. The number of amides is 1. The Balaban J connectivity index is 1.60. The normalized spacial score (nSPS) is 18.0. The lowest BCUT2D eigenvalue weighted by Gasteiger charge is -2.23.